The standard InChI is InChI=1S/C7H12O4/c1-3-7(9)11-5-4-10-6(2)8/h3,6,8H,1,4-5H2,2H3. The Balaban J connectivity index is 3.14. The second kappa shape index (κ2) is 5.88. The SMILES string of the molecule is C=CC(=O)OCCOC(C)O. The number of esters is 1. The molecule has 0 heterocycles. The minimum absolute atomic E-state index is 0.135. The molecule has 11 heavy (non-hydrogen) atoms. The summed E-state index contributed by atoms with van der Waals surface area (Å²) in [5, 5.41) is 8.59. The van der Waals surface area contributed by atoms with Crippen molar-refractivity contribution in [2.75, 3.05) is 13.2 Å². The van der Waals surface area contributed by atoms with Crippen LogP contribution >= 0.6 is 0 Å². The predicted molar refractivity (Wildman–Crippen MR) is 38.8 cm³/mol. The molecule has 0 bridgehead atoms. The molecule has 1 unspecified atom stereocenters. The molecule has 4 nitrogen and oxygen atoms in total. The van der Waals surface area contributed by atoms with Crippen LogP contribution in [-0.2, 0) is 14.3 Å². The van der Waals surface area contributed by atoms with Crippen LogP contribution in [0.4, 0.5) is 0 Å². The average Bonchev–Trinajstić information content (AvgIpc) is 1.97. The summed E-state index contributed by atoms with van der Waals surface area (Å²) in [6.45, 7) is 5.02. The van der Waals surface area contributed by atoms with Gasteiger partial charge in [0.05, 0.1) is 6.61 Å². The molecule has 0 spiro atoms. The van der Waals surface area contributed by atoms with E-state index in [1.54, 1.807) is 0 Å². The van der Waals surface area contributed by atoms with Gasteiger partial charge < -0.3 is 14.6 Å². The molecule has 0 aliphatic rings. The fraction of sp³-hybridized carbons (Fsp3) is 0.571. The van der Waals surface area contributed by atoms with Crippen LogP contribution in [0, 0.1) is 0 Å². The maximum atomic E-state index is 10.4. The van der Waals surface area contributed by atoms with Crippen LogP contribution in [-0.4, -0.2) is 30.6 Å². The van der Waals surface area contributed by atoms with Crippen molar-refractivity contribution in [2.45, 2.75) is 13.2 Å². The molecule has 0 aromatic carbocycles. The largest absolute Gasteiger partial charge is 0.460 e. The van der Waals surface area contributed by atoms with E-state index in [1.165, 1.54) is 6.92 Å². The van der Waals surface area contributed by atoms with E-state index in [-0.39, 0.29) is 13.2 Å². The monoisotopic (exact) mass is 160 g/mol. The Labute approximate surface area is 65.4 Å². The molecule has 64 valence electrons. The Kier molecular flexibility index (Phi) is 5.42. The second-order valence-corrected chi connectivity index (χ2v) is 1.84. The molecule has 0 amide bonds. The highest BCUT2D eigenvalue weighted by molar-refractivity contribution is 5.81. The third kappa shape index (κ3) is 7.02. The van der Waals surface area contributed by atoms with Crippen LogP contribution in [0.25, 0.3) is 0 Å². The second-order valence-electron chi connectivity index (χ2n) is 1.84. The summed E-state index contributed by atoms with van der Waals surface area (Å²) in [7, 11) is 0. The van der Waals surface area contributed by atoms with Gasteiger partial charge in [-0.3, -0.25) is 0 Å². The van der Waals surface area contributed by atoms with Gasteiger partial charge in [-0.15, -0.1) is 0 Å². The highest BCUT2D eigenvalue weighted by Crippen LogP contribution is 1.85. The van der Waals surface area contributed by atoms with Crippen molar-refractivity contribution in [3.05, 3.63) is 12.7 Å². The zero-order valence-corrected chi connectivity index (χ0v) is 6.45. The van der Waals surface area contributed by atoms with Crippen molar-refractivity contribution in [3.63, 3.8) is 0 Å². The van der Waals surface area contributed by atoms with Gasteiger partial charge >= 0.3 is 5.97 Å². The summed E-state index contributed by atoms with van der Waals surface area (Å²) in [6.07, 6.45) is 0.250. The first kappa shape index (κ1) is 10.1. The Morgan fingerprint density at radius 3 is 2.82 bits per heavy atom. The van der Waals surface area contributed by atoms with Gasteiger partial charge in [-0.2, -0.15) is 0 Å². The Bertz CT molecular complexity index is 130. The van der Waals surface area contributed by atoms with Gasteiger partial charge in [0.2, 0.25) is 0 Å². The van der Waals surface area contributed by atoms with E-state index in [0.717, 1.165) is 6.08 Å². The lowest BCUT2D eigenvalue weighted by Gasteiger charge is -2.05. The van der Waals surface area contributed by atoms with Gasteiger partial charge in [0.15, 0.2) is 6.29 Å². The molecular weight excluding hydrogens is 148 g/mol. The van der Waals surface area contributed by atoms with E-state index < -0.39 is 12.3 Å². The van der Waals surface area contributed by atoms with Gasteiger partial charge in [0.1, 0.15) is 6.61 Å². The molecule has 4 heteroatoms. The van der Waals surface area contributed by atoms with E-state index in [1.807, 2.05) is 0 Å². The van der Waals surface area contributed by atoms with Crippen molar-refractivity contribution in [2.24, 2.45) is 0 Å². The molecular formula is C7H12O4. The van der Waals surface area contributed by atoms with Crippen molar-refractivity contribution in [3.8, 4) is 0 Å². The lowest BCUT2D eigenvalue weighted by atomic mass is 10.6. The van der Waals surface area contributed by atoms with Crippen molar-refractivity contribution in [1.29, 1.82) is 0 Å². The first-order valence-electron chi connectivity index (χ1n) is 3.25. The molecule has 0 aliphatic carbocycles. The summed E-state index contributed by atoms with van der Waals surface area (Å²) >= 11 is 0. The predicted octanol–water partition coefficient (Wildman–Crippen LogP) is 0.0705. The number of rotatable bonds is 5. The first-order chi connectivity index (χ1) is 5.16. The van der Waals surface area contributed by atoms with E-state index in [9.17, 15) is 4.79 Å². The lowest BCUT2D eigenvalue weighted by Crippen LogP contribution is -2.13. The number of hydrogen-bond acceptors (Lipinski definition) is 4. The molecule has 1 N–H and O–H groups in total. The quantitative estimate of drug-likeness (QED) is 0.267. The van der Waals surface area contributed by atoms with E-state index in [4.69, 9.17) is 5.11 Å². The number of aliphatic hydroxyl groups excluding tert-OH is 1. The number of aliphatic hydroxyl groups is 1. The number of carbonyl (C=O) groups is 1. The minimum Gasteiger partial charge on any atom is -0.460 e. The Morgan fingerprint density at radius 2 is 2.36 bits per heavy atom. The van der Waals surface area contributed by atoms with Gasteiger partial charge in [-0.25, -0.2) is 4.79 Å². The Hall–Kier alpha value is -0.870. The summed E-state index contributed by atoms with van der Waals surface area (Å²) < 4.78 is 9.23. The van der Waals surface area contributed by atoms with E-state index in [0.29, 0.717) is 0 Å². The molecule has 0 saturated heterocycles. The number of carbonyl (C=O) groups excluding carboxylic acids is 1. The fourth-order valence-electron chi connectivity index (χ4n) is 0.420. The molecule has 0 aromatic rings. The zero-order valence-electron chi connectivity index (χ0n) is 6.45. The van der Waals surface area contributed by atoms with E-state index >= 15 is 0 Å². The van der Waals surface area contributed by atoms with Crippen LogP contribution in [0.3, 0.4) is 0 Å². The highest BCUT2D eigenvalue weighted by Gasteiger charge is 1.96. The van der Waals surface area contributed by atoms with Crippen LogP contribution in [0.5, 0.6) is 0 Å². The van der Waals surface area contributed by atoms with Gasteiger partial charge in [-0.1, -0.05) is 6.58 Å². The van der Waals surface area contributed by atoms with Crippen LogP contribution in [0.15, 0.2) is 12.7 Å². The summed E-state index contributed by atoms with van der Waals surface area (Å²) in [6, 6.07) is 0. The molecule has 0 aliphatic heterocycles. The van der Waals surface area contributed by atoms with Crippen molar-refractivity contribution >= 4 is 5.97 Å². The van der Waals surface area contributed by atoms with Gasteiger partial charge in [0.25, 0.3) is 0 Å². The summed E-state index contributed by atoms with van der Waals surface area (Å²) in [5.41, 5.74) is 0. The highest BCUT2D eigenvalue weighted by atomic mass is 16.6. The minimum atomic E-state index is -0.822. The molecule has 0 saturated carbocycles. The van der Waals surface area contributed by atoms with Crippen molar-refractivity contribution in [1.82, 2.24) is 0 Å². The summed E-state index contributed by atoms with van der Waals surface area (Å²) in [5.74, 6) is -0.487. The molecule has 1 atom stereocenters. The topological polar surface area (TPSA) is 55.8 Å². The molecule has 0 radical (unpaired) electrons. The fourth-order valence-corrected chi connectivity index (χ4v) is 0.420. The van der Waals surface area contributed by atoms with Crippen molar-refractivity contribution < 1.29 is 19.4 Å². The zero-order chi connectivity index (χ0) is 8.69. The maximum absolute atomic E-state index is 10.4. The van der Waals surface area contributed by atoms with Gasteiger partial charge in [-0.05, 0) is 6.92 Å². The number of hydrogen-bond donors (Lipinski definition) is 1. The Morgan fingerprint density at radius 1 is 1.73 bits per heavy atom. The van der Waals surface area contributed by atoms with Crippen LogP contribution < -0.4 is 0 Å². The van der Waals surface area contributed by atoms with Crippen LogP contribution in [0.2, 0.25) is 0 Å². The normalized spacial score (nSPS) is 12.2. The molecule has 0 fully saturated rings. The summed E-state index contributed by atoms with van der Waals surface area (Å²) in [4.78, 5) is 10.4. The van der Waals surface area contributed by atoms with E-state index in [2.05, 4.69) is 16.1 Å². The smallest absolute Gasteiger partial charge is 0.330 e. The molecule has 0 rings (SSSR count). The molecule has 0 aromatic heterocycles. The van der Waals surface area contributed by atoms with Gasteiger partial charge in [0, 0.05) is 6.08 Å². The van der Waals surface area contributed by atoms with Crippen LogP contribution in [0.1, 0.15) is 6.92 Å². The number of ether oxygens (including phenoxy) is 2. The maximum Gasteiger partial charge on any atom is 0.330 e. The average molecular weight is 160 g/mol. The lowest BCUT2D eigenvalue weighted by molar-refractivity contribution is -0.144. The third-order valence-electron chi connectivity index (χ3n) is 0.853. The first-order valence-corrected chi connectivity index (χ1v) is 3.25. The third-order valence-corrected chi connectivity index (χ3v) is 0.853.